The van der Waals surface area contributed by atoms with Gasteiger partial charge in [0.05, 0.1) is 5.69 Å². The predicted octanol–water partition coefficient (Wildman–Crippen LogP) is 4.25. The van der Waals surface area contributed by atoms with Gasteiger partial charge in [0.2, 0.25) is 5.91 Å². The van der Waals surface area contributed by atoms with Gasteiger partial charge >= 0.3 is 0 Å². The molecule has 1 amide bonds. The highest BCUT2D eigenvalue weighted by molar-refractivity contribution is 5.76. The van der Waals surface area contributed by atoms with E-state index in [0.29, 0.717) is 12.8 Å². The Morgan fingerprint density at radius 3 is 2.36 bits per heavy atom. The molecular weight excluding hydrogens is 276 g/mol. The lowest BCUT2D eigenvalue weighted by molar-refractivity contribution is -0.131. The van der Waals surface area contributed by atoms with Crippen LogP contribution in [0.15, 0.2) is 4.42 Å². The number of oxazole rings is 1. The van der Waals surface area contributed by atoms with E-state index in [4.69, 9.17) is 4.42 Å². The highest BCUT2D eigenvalue weighted by Gasteiger charge is 2.23. The monoisotopic (exact) mass is 308 g/mol. The molecular formula is C18H32N2O2. The Kier molecular flexibility index (Phi) is 7.11. The highest BCUT2D eigenvalue weighted by atomic mass is 16.4. The summed E-state index contributed by atoms with van der Waals surface area (Å²) in [4.78, 5) is 18.9. The lowest BCUT2D eigenvalue weighted by Gasteiger charge is -2.21. The molecule has 0 atom stereocenters. The smallest absolute Gasteiger partial charge is 0.223 e. The maximum atomic E-state index is 12.4. The van der Waals surface area contributed by atoms with Gasteiger partial charge in [-0.2, -0.15) is 0 Å². The minimum Gasteiger partial charge on any atom is -0.445 e. The van der Waals surface area contributed by atoms with Crippen molar-refractivity contribution in [2.24, 2.45) is 0 Å². The lowest BCUT2D eigenvalue weighted by Crippen LogP contribution is -2.32. The van der Waals surface area contributed by atoms with Crippen molar-refractivity contribution in [3.63, 3.8) is 0 Å². The number of hydrogen-bond acceptors (Lipinski definition) is 3. The first-order chi connectivity index (χ1) is 10.3. The zero-order valence-electron chi connectivity index (χ0n) is 15.2. The van der Waals surface area contributed by atoms with E-state index >= 15 is 0 Å². The third-order valence-corrected chi connectivity index (χ3v) is 3.73. The van der Waals surface area contributed by atoms with Crippen LogP contribution in [0.1, 0.15) is 77.6 Å². The van der Waals surface area contributed by atoms with Crippen LogP contribution >= 0.6 is 0 Å². The molecule has 0 radical (unpaired) electrons. The van der Waals surface area contributed by atoms with Crippen LogP contribution in [0, 0.1) is 6.92 Å². The second kappa shape index (κ2) is 8.35. The molecule has 1 aromatic rings. The molecule has 4 heteroatoms. The van der Waals surface area contributed by atoms with Crippen molar-refractivity contribution >= 4 is 5.91 Å². The summed E-state index contributed by atoms with van der Waals surface area (Å²) >= 11 is 0. The minimum atomic E-state index is -0.0949. The van der Waals surface area contributed by atoms with Gasteiger partial charge in [0, 0.05) is 31.3 Å². The number of carbonyl (C=O) groups excluding carboxylic acids is 1. The molecule has 22 heavy (non-hydrogen) atoms. The number of rotatable bonds is 8. The molecule has 0 aromatic carbocycles. The number of unbranched alkanes of at least 4 members (excludes halogenated alkanes) is 1. The van der Waals surface area contributed by atoms with Gasteiger partial charge in [-0.25, -0.2) is 4.98 Å². The van der Waals surface area contributed by atoms with Gasteiger partial charge in [-0.1, -0.05) is 41.0 Å². The summed E-state index contributed by atoms with van der Waals surface area (Å²) in [6.45, 7) is 14.2. The molecule has 0 bridgehead atoms. The van der Waals surface area contributed by atoms with Gasteiger partial charge in [0.1, 0.15) is 5.76 Å². The third kappa shape index (κ3) is 5.47. The molecule has 0 saturated carbocycles. The Morgan fingerprint density at radius 1 is 1.18 bits per heavy atom. The van der Waals surface area contributed by atoms with Crippen LogP contribution in [0.25, 0.3) is 0 Å². The van der Waals surface area contributed by atoms with Gasteiger partial charge in [-0.05, 0) is 19.8 Å². The number of amides is 1. The summed E-state index contributed by atoms with van der Waals surface area (Å²) in [5.41, 5.74) is 0.816. The number of aromatic nitrogens is 1. The van der Waals surface area contributed by atoms with Crippen molar-refractivity contribution in [2.75, 3.05) is 13.1 Å². The first-order valence-electron chi connectivity index (χ1n) is 8.54. The molecule has 0 fully saturated rings. The maximum Gasteiger partial charge on any atom is 0.223 e. The molecule has 0 aliphatic heterocycles. The van der Waals surface area contributed by atoms with E-state index in [1.807, 2.05) is 11.8 Å². The largest absolute Gasteiger partial charge is 0.445 e. The third-order valence-electron chi connectivity index (χ3n) is 3.73. The fourth-order valence-electron chi connectivity index (χ4n) is 2.34. The molecule has 0 unspecified atom stereocenters. The molecule has 1 heterocycles. The lowest BCUT2D eigenvalue weighted by atomic mass is 9.97. The van der Waals surface area contributed by atoms with E-state index in [1.54, 1.807) is 0 Å². The Balaban J connectivity index is 2.64. The predicted molar refractivity (Wildman–Crippen MR) is 90.0 cm³/mol. The fraction of sp³-hybridized carbons (Fsp3) is 0.778. The van der Waals surface area contributed by atoms with Crippen molar-refractivity contribution in [3.05, 3.63) is 17.3 Å². The Hall–Kier alpha value is -1.32. The van der Waals surface area contributed by atoms with Crippen LogP contribution in [0.5, 0.6) is 0 Å². The van der Waals surface area contributed by atoms with E-state index in [-0.39, 0.29) is 11.3 Å². The Morgan fingerprint density at radius 2 is 1.86 bits per heavy atom. The zero-order chi connectivity index (χ0) is 16.8. The normalized spacial score (nSPS) is 11.7. The Labute approximate surface area is 135 Å². The molecule has 0 N–H and O–H groups in total. The van der Waals surface area contributed by atoms with E-state index in [9.17, 15) is 4.79 Å². The average Bonchev–Trinajstić information content (AvgIpc) is 2.82. The zero-order valence-corrected chi connectivity index (χ0v) is 15.2. The SMILES string of the molecule is CCCCN(CCC)C(=O)CCc1oc(C(C)(C)C)nc1C. The van der Waals surface area contributed by atoms with Gasteiger partial charge in [0.15, 0.2) is 5.89 Å². The summed E-state index contributed by atoms with van der Waals surface area (Å²) in [5, 5.41) is 0. The van der Waals surface area contributed by atoms with Crippen molar-refractivity contribution < 1.29 is 9.21 Å². The standard InChI is InChI=1S/C18H32N2O2/c1-7-9-13-20(12-8-2)16(21)11-10-15-14(3)19-17(22-15)18(4,5)6/h7-13H2,1-6H3. The number of nitrogens with zero attached hydrogens (tertiary/aromatic N) is 2. The van der Waals surface area contributed by atoms with E-state index < -0.39 is 0 Å². The van der Waals surface area contributed by atoms with Crippen LogP contribution in [-0.2, 0) is 16.6 Å². The second-order valence-corrected chi connectivity index (χ2v) is 7.01. The summed E-state index contributed by atoms with van der Waals surface area (Å²) < 4.78 is 5.87. The molecule has 1 aromatic heterocycles. The van der Waals surface area contributed by atoms with Crippen LogP contribution in [-0.4, -0.2) is 28.9 Å². The quantitative estimate of drug-likeness (QED) is 0.721. The molecule has 0 aliphatic carbocycles. The highest BCUT2D eigenvalue weighted by Crippen LogP contribution is 2.24. The fourth-order valence-corrected chi connectivity index (χ4v) is 2.34. The number of hydrogen-bond donors (Lipinski definition) is 0. The van der Waals surface area contributed by atoms with Gasteiger partial charge in [-0.15, -0.1) is 0 Å². The van der Waals surface area contributed by atoms with E-state index in [1.165, 1.54) is 0 Å². The molecule has 1 rings (SSSR count). The van der Waals surface area contributed by atoms with Crippen LogP contribution < -0.4 is 0 Å². The van der Waals surface area contributed by atoms with Crippen molar-refractivity contribution in [3.8, 4) is 0 Å². The summed E-state index contributed by atoms with van der Waals surface area (Å²) in [5.74, 6) is 1.83. The average molecular weight is 308 g/mol. The van der Waals surface area contributed by atoms with Crippen LogP contribution in [0.4, 0.5) is 0 Å². The maximum absolute atomic E-state index is 12.4. The summed E-state index contributed by atoms with van der Waals surface area (Å²) in [6, 6.07) is 0. The summed E-state index contributed by atoms with van der Waals surface area (Å²) in [6.07, 6.45) is 4.33. The van der Waals surface area contributed by atoms with Gasteiger partial charge in [0.25, 0.3) is 0 Å². The number of carbonyl (C=O) groups is 1. The minimum absolute atomic E-state index is 0.0949. The summed E-state index contributed by atoms with van der Waals surface area (Å²) in [7, 11) is 0. The molecule has 0 aliphatic rings. The van der Waals surface area contributed by atoms with Gasteiger partial charge < -0.3 is 9.32 Å². The number of aryl methyl sites for hydroxylation is 2. The first kappa shape index (κ1) is 18.7. The van der Waals surface area contributed by atoms with Crippen LogP contribution in [0.3, 0.4) is 0 Å². The second-order valence-electron chi connectivity index (χ2n) is 7.01. The molecule has 0 spiro atoms. The Bertz CT molecular complexity index is 472. The van der Waals surface area contributed by atoms with Crippen molar-refractivity contribution in [2.45, 2.75) is 79.1 Å². The molecule has 126 valence electrons. The van der Waals surface area contributed by atoms with E-state index in [2.05, 4.69) is 39.6 Å². The topological polar surface area (TPSA) is 46.3 Å². The van der Waals surface area contributed by atoms with Crippen LogP contribution in [0.2, 0.25) is 0 Å². The van der Waals surface area contributed by atoms with Gasteiger partial charge in [-0.3, -0.25) is 4.79 Å². The van der Waals surface area contributed by atoms with E-state index in [0.717, 1.165) is 49.7 Å². The van der Waals surface area contributed by atoms with Crippen molar-refractivity contribution in [1.29, 1.82) is 0 Å². The molecule has 0 saturated heterocycles. The molecule has 4 nitrogen and oxygen atoms in total. The first-order valence-corrected chi connectivity index (χ1v) is 8.54. The van der Waals surface area contributed by atoms with Crippen molar-refractivity contribution in [1.82, 2.24) is 9.88 Å².